The van der Waals surface area contributed by atoms with Crippen LogP contribution in [0.4, 0.5) is 10.1 Å². The summed E-state index contributed by atoms with van der Waals surface area (Å²) >= 11 is 5.96. The lowest BCUT2D eigenvalue weighted by molar-refractivity contribution is -0.128. The number of para-hydroxylation sites is 2. The van der Waals surface area contributed by atoms with E-state index in [0.717, 1.165) is 9.87 Å². The third-order valence-electron chi connectivity index (χ3n) is 6.99. The molecule has 8 nitrogen and oxygen atoms in total. The third kappa shape index (κ3) is 7.22. The molecule has 222 valence electrons. The summed E-state index contributed by atoms with van der Waals surface area (Å²) in [5, 5.41) is 3.20. The maximum absolute atomic E-state index is 14.6. The van der Waals surface area contributed by atoms with Gasteiger partial charge in [0.05, 0.1) is 23.7 Å². The van der Waals surface area contributed by atoms with Crippen molar-refractivity contribution < 1.29 is 27.1 Å². The minimum atomic E-state index is -4.26. The van der Waals surface area contributed by atoms with Gasteiger partial charge in [0.25, 0.3) is 5.91 Å². The zero-order chi connectivity index (χ0) is 30.4. The van der Waals surface area contributed by atoms with Crippen molar-refractivity contribution in [3.8, 4) is 5.75 Å². The van der Waals surface area contributed by atoms with Crippen LogP contribution in [0.3, 0.4) is 0 Å². The van der Waals surface area contributed by atoms with Gasteiger partial charge in [0.1, 0.15) is 11.6 Å². The first-order chi connectivity index (χ1) is 20.7. The molecule has 0 radical (unpaired) electrons. The van der Waals surface area contributed by atoms with Crippen molar-refractivity contribution in [3.05, 3.63) is 125 Å². The lowest BCUT2D eigenvalue weighted by Gasteiger charge is -2.35. The molecule has 0 aliphatic carbocycles. The summed E-state index contributed by atoms with van der Waals surface area (Å²) in [6, 6.07) is 27.7. The van der Waals surface area contributed by atoms with E-state index in [1.807, 2.05) is 30.3 Å². The maximum atomic E-state index is 14.6. The number of nitrogens with one attached hydrogen (secondary N) is 1. The lowest BCUT2D eigenvalue weighted by atomic mass is 10.1. The minimum Gasteiger partial charge on any atom is -0.477 e. The Bertz CT molecular complexity index is 1700. The first kappa shape index (κ1) is 30.2. The molecule has 1 N–H and O–H groups in total. The van der Waals surface area contributed by atoms with E-state index >= 15 is 0 Å². The summed E-state index contributed by atoms with van der Waals surface area (Å²) in [4.78, 5) is 28.2. The normalized spacial score (nSPS) is 14.6. The number of benzene rings is 4. The zero-order valence-corrected chi connectivity index (χ0v) is 24.6. The molecule has 1 atom stereocenters. The topological polar surface area (TPSA) is 96.0 Å². The summed E-state index contributed by atoms with van der Waals surface area (Å²) in [6.07, 6.45) is -0.408. The number of amides is 2. The van der Waals surface area contributed by atoms with Gasteiger partial charge < -0.3 is 15.0 Å². The van der Waals surface area contributed by atoms with Crippen molar-refractivity contribution >= 4 is 39.1 Å². The number of anilines is 1. The largest absolute Gasteiger partial charge is 0.477 e. The van der Waals surface area contributed by atoms with E-state index in [0.29, 0.717) is 29.4 Å². The van der Waals surface area contributed by atoms with Crippen molar-refractivity contribution in [3.63, 3.8) is 0 Å². The van der Waals surface area contributed by atoms with Crippen molar-refractivity contribution in [2.24, 2.45) is 0 Å². The fraction of sp³-hybridized carbons (Fsp3) is 0.188. The lowest BCUT2D eigenvalue weighted by Crippen LogP contribution is -2.53. The fourth-order valence-electron chi connectivity index (χ4n) is 4.73. The molecule has 0 aromatic heterocycles. The van der Waals surface area contributed by atoms with Crippen LogP contribution in [0, 0.1) is 5.82 Å². The summed E-state index contributed by atoms with van der Waals surface area (Å²) in [6.45, 7) is -0.773. The van der Waals surface area contributed by atoms with E-state index in [1.54, 1.807) is 30.3 Å². The van der Waals surface area contributed by atoms with Crippen LogP contribution in [-0.4, -0.2) is 50.3 Å². The molecule has 0 unspecified atom stereocenters. The average Bonchev–Trinajstić information content (AvgIpc) is 3.01. The summed E-state index contributed by atoms with van der Waals surface area (Å²) in [5.74, 6) is -1.30. The monoisotopic (exact) mass is 621 g/mol. The van der Waals surface area contributed by atoms with Gasteiger partial charge in [0.15, 0.2) is 6.10 Å². The van der Waals surface area contributed by atoms with Gasteiger partial charge in [-0.1, -0.05) is 72.3 Å². The Labute approximate surface area is 254 Å². The van der Waals surface area contributed by atoms with E-state index in [2.05, 4.69) is 5.32 Å². The highest BCUT2D eigenvalue weighted by atomic mass is 35.5. The summed E-state index contributed by atoms with van der Waals surface area (Å²) in [5.41, 5.74) is 1.56. The standard InChI is InChI=1S/C32H29ClFN3O5S/c33-25-14-16-26(17-15-25)43(40,41)36(20-24-10-4-5-11-27(24)34)22-31(38)37-21-30(42-29-13-7-6-12-28(29)37)32(39)35-19-18-23-8-2-1-3-9-23/h1-17,30H,18-22H2,(H,35,39)/t30-/m0/s1. The molecular formula is C32H29ClFN3O5S. The number of carbonyl (C=O) groups excluding carboxylic acids is 2. The molecule has 2 amide bonds. The van der Waals surface area contributed by atoms with Crippen LogP contribution in [0.5, 0.6) is 5.75 Å². The molecule has 0 fully saturated rings. The number of hydrogen-bond acceptors (Lipinski definition) is 5. The van der Waals surface area contributed by atoms with Gasteiger partial charge in [-0.05, 0) is 54.4 Å². The molecule has 5 rings (SSSR count). The smallest absolute Gasteiger partial charge is 0.262 e. The van der Waals surface area contributed by atoms with Crippen LogP contribution in [-0.2, 0) is 32.6 Å². The number of hydrogen-bond donors (Lipinski definition) is 1. The van der Waals surface area contributed by atoms with Crippen LogP contribution >= 0.6 is 11.6 Å². The van der Waals surface area contributed by atoms with Crippen molar-refractivity contribution in [2.75, 3.05) is 24.5 Å². The van der Waals surface area contributed by atoms with Crippen LogP contribution in [0.2, 0.25) is 5.02 Å². The highest BCUT2D eigenvalue weighted by Crippen LogP contribution is 2.34. The van der Waals surface area contributed by atoms with E-state index in [4.69, 9.17) is 16.3 Å². The van der Waals surface area contributed by atoms with Gasteiger partial charge >= 0.3 is 0 Å². The number of ether oxygens (including phenoxy) is 1. The van der Waals surface area contributed by atoms with Crippen LogP contribution in [0.15, 0.2) is 108 Å². The maximum Gasteiger partial charge on any atom is 0.262 e. The zero-order valence-electron chi connectivity index (χ0n) is 23.0. The van der Waals surface area contributed by atoms with Gasteiger partial charge in [0, 0.05) is 23.7 Å². The second kappa shape index (κ2) is 13.4. The molecule has 0 spiro atoms. The Kier molecular flexibility index (Phi) is 9.40. The van der Waals surface area contributed by atoms with Crippen molar-refractivity contribution in [2.45, 2.75) is 24.0 Å². The second-order valence-electron chi connectivity index (χ2n) is 9.92. The number of rotatable bonds is 10. The van der Waals surface area contributed by atoms with E-state index in [9.17, 15) is 22.4 Å². The molecular weight excluding hydrogens is 593 g/mol. The van der Waals surface area contributed by atoms with Gasteiger partial charge in [-0.3, -0.25) is 9.59 Å². The summed E-state index contributed by atoms with van der Waals surface area (Å²) in [7, 11) is -4.26. The molecule has 0 saturated carbocycles. The molecule has 1 heterocycles. The van der Waals surface area contributed by atoms with Crippen LogP contribution < -0.4 is 15.0 Å². The summed E-state index contributed by atoms with van der Waals surface area (Å²) < 4.78 is 49.0. The number of halogens is 2. The number of nitrogens with zero attached hydrogens (tertiary/aromatic N) is 2. The average molecular weight is 622 g/mol. The second-order valence-corrected chi connectivity index (χ2v) is 12.3. The predicted octanol–water partition coefficient (Wildman–Crippen LogP) is 4.82. The number of sulfonamides is 1. The number of fused-ring (bicyclic) bond motifs is 1. The number of carbonyl (C=O) groups is 2. The Hall–Kier alpha value is -4.25. The van der Waals surface area contributed by atoms with E-state index in [1.165, 1.54) is 47.4 Å². The van der Waals surface area contributed by atoms with Gasteiger partial charge in [-0.2, -0.15) is 4.31 Å². The molecule has 43 heavy (non-hydrogen) atoms. The van der Waals surface area contributed by atoms with Gasteiger partial charge in [-0.25, -0.2) is 12.8 Å². The van der Waals surface area contributed by atoms with E-state index in [-0.39, 0.29) is 17.0 Å². The van der Waals surface area contributed by atoms with Gasteiger partial charge in [0.2, 0.25) is 15.9 Å². The first-order valence-corrected chi connectivity index (χ1v) is 15.4. The molecule has 0 saturated heterocycles. The molecule has 4 aromatic rings. The minimum absolute atomic E-state index is 0.0981. The highest BCUT2D eigenvalue weighted by Gasteiger charge is 2.36. The molecule has 4 aromatic carbocycles. The Morgan fingerprint density at radius 3 is 2.35 bits per heavy atom. The highest BCUT2D eigenvalue weighted by molar-refractivity contribution is 7.89. The third-order valence-corrected chi connectivity index (χ3v) is 9.05. The Balaban J connectivity index is 1.38. The SMILES string of the molecule is O=C(NCCc1ccccc1)[C@@H]1CN(C(=O)CN(Cc2ccccc2F)S(=O)(=O)c2ccc(Cl)cc2)c2ccccc2O1. The van der Waals surface area contributed by atoms with Crippen LogP contribution in [0.1, 0.15) is 11.1 Å². The Morgan fingerprint density at radius 1 is 0.930 bits per heavy atom. The Morgan fingerprint density at radius 2 is 1.60 bits per heavy atom. The van der Waals surface area contributed by atoms with Crippen LogP contribution in [0.25, 0.3) is 0 Å². The fourth-order valence-corrected chi connectivity index (χ4v) is 6.22. The molecule has 1 aliphatic heterocycles. The van der Waals surface area contributed by atoms with Crippen molar-refractivity contribution in [1.29, 1.82) is 0 Å². The van der Waals surface area contributed by atoms with Crippen molar-refractivity contribution in [1.82, 2.24) is 9.62 Å². The molecule has 1 aliphatic rings. The molecule has 0 bridgehead atoms. The molecule has 11 heteroatoms. The van der Waals surface area contributed by atoms with E-state index < -0.39 is 46.8 Å². The predicted molar refractivity (Wildman–Crippen MR) is 162 cm³/mol. The van der Waals surface area contributed by atoms with Gasteiger partial charge in [-0.15, -0.1) is 0 Å². The quantitative estimate of drug-likeness (QED) is 0.274. The first-order valence-electron chi connectivity index (χ1n) is 13.6.